The van der Waals surface area contributed by atoms with Crippen molar-refractivity contribution in [3.05, 3.63) is 47.8 Å². The molecular formula is C16H13NO3S. The summed E-state index contributed by atoms with van der Waals surface area (Å²) in [6, 6.07) is 12.4. The molecule has 1 heterocycles. The van der Waals surface area contributed by atoms with E-state index in [2.05, 4.69) is 4.98 Å². The van der Waals surface area contributed by atoms with Crippen LogP contribution in [0.25, 0.3) is 21.8 Å². The van der Waals surface area contributed by atoms with Gasteiger partial charge in [0.05, 0.1) is 12.8 Å². The molecule has 21 heavy (non-hydrogen) atoms. The van der Waals surface area contributed by atoms with Crippen LogP contribution in [0.4, 0.5) is 0 Å². The van der Waals surface area contributed by atoms with Crippen molar-refractivity contribution in [3.63, 3.8) is 0 Å². The first-order valence-electron chi connectivity index (χ1n) is 6.29. The van der Waals surface area contributed by atoms with Crippen LogP contribution in [0.3, 0.4) is 0 Å². The van der Waals surface area contributed by atoms with E-state index in [1.54, 1.807) is 13.2 Å². The molecule has 0 aliphatic carbocycles. The Hall–Kier alpha value is -2.53. The Morgan fingerprint density at radius 3 is 2.62 bits per heavy atom. The van der Waals surface area contributed by atoms with Gasteiger partial charge < -0.3 is 14.9 Å². The maximum Gasteiger partial charge on any atom is 0.158 e. The van der Waals surface area contributed by atoms with Crippen molar-refractivity contribution in [1.29, 1.82) is 0 Å². The molecule has 5 heteroatoms. The molecule has 106 valence electrons. The fraction of sp³-hybridized carbons (Fsp3) is 0.0625. The van der Waals surface area contributed by atoms with E-state index in [0.717, 1.165) is 27.6 Å². The Bertz CT molecular complexity index is 783. The highest BCUT2D eigenvalue weighted by Gasteiger charge is 2.09. The smallest absolute Gasteiger partial charge is 0.158 e. The van der Waals surface area contributed by atoms with Crippen molar-refractivity contribution in [1.82, 2.24) is 4.98 Å². The second-order valence-corrected chi connectivity index (χ2v) is 5.33. The van der Waals surface area contributed by atoms with Gasteiger partial charge in [0.15, 0.2) is 11.5 Å². The third kappa shape index (κ3) is 2.68. The number of aromatic nitrogens is 1. The van der Waals surface area contributed by atoms with Crippen molar-refractivity contribution in [3.8, 4) is 39.1 Å². The van der Waals surface area contributed by atoms with Crippen LogP contribution in [0, 0.1) is 0 Å². The summed E-state index contributed by atoms with van der Waals surface area (Å²) in [5.74, 6) is 0.497. The molecule has 0 aliphatic rings. The Morgan fingerprint density at radius 2 is 1.86 bits per heavy atom. The molecule has 0 spiro atoms. The predicted molar refractivity (Wildman–Crippen MR) is 82.9 cm³/mol. The number of rotatable bonds is 3. The molecule has 0 radical (unpaired) electrons. The van der Waals surface area contributed by atoms with E-state index in [0.29, 0.717) is 0 Å². The van der Waals surface area contributed by atoms with Crippen molar-refractivity contribution in [2.75, 3.05) is 7.11 Å². The number of benzene rings is 2. The third-order valence-electron chi connectivity index (χ3n) is 3.09. The highest BCUT2D eigenvalue weighted by atomic mass is 32.1. The van der Waals surface area contributed by atoms with Gasteiger partial charge >= 0.3 is 0 Å². The summed E-state index contributed by atoms with van der Waals surface area (Å²) in [5.41, 5.74) is 2.50. The lowest BCUT2D eigenvalue weighted by molar-refractivity contribution is 0.404. The fourth-order valence-corrected chi connectivity index (χ4v) is 2.80. The second kappa shape index (κ2) is 5.46. The van der Waals surface area contributed by atoms with Crippen LogP contribution in [0.1, 0.15) is 0 Å². The topological polar surface area (TPSA) is 62.6 Å². The number of hydrogen-bond acceptors (Lipinski definition) is 5. The van der Waals surface area contributed by atoms with Gasteiger partial charge in [0.25, 0.3) is 0 Å². The van der Waals surface area contributed by atoms with E-state index in [-0.39, 0.29) is 11.5 Å². The molecule has 4 nitrogen and oxygen atoms in total. The SMILES string of the molecule is COc1cccc(-c2nc(-c3ccc(O)c(O)c3)cs2)c1. The quantitative estimate of drug-likeness (QED) is 0.720. The first kappa shape index (κ1) is 13.5. The third-order valence-corrected chi connectivity index (χ3v) is 3.98. The summed E-state index contributed by atoms with van der Waals surface area (Å²) in [5, 5.41) is 21.7. The molecule has 3 aromatic rings. The number of hydrogen-bond donors (Lipinski definition) is 2. The minimum atomic E-state index is -0.150. The van der Waals surface area contributed by atoms with Crippen LogP contribution in [0.5, 0.6) is 17.2 Å². The summed E-state index contributed by atoms with van der Waals surface area (Å²) in [6.07, 6.45) is 0. The molecule has 1 aromatic heterocycles. The average Bonchev–Trinajstić information content (AvgIpc) is 3.00. The normalized spacial score (nSPS) is 10.5. The van der Waals surface area contributed by atoms with Crippen LogP contribution in [0.15, 0.2) is 47.8 Å². The highest BCUT2D eigenvalue weighted by Crippen LogP contribution is 2.34. The molecule has 0 bridgehead atoms. The molecule has 0 atom stereocenters. The zero-order valence-electron chi connectivity index (χ0n) is 11.3. The summed E-state index contributed by atoms with van der Waals surface area (Å²) in [6.45, 7) is 0. The molecule has 0 fully saturated rings. The van der Waals surface area contributed by atoms with Gasteiger partial charge in [-0.2, -0.15) is 0 Å². The number of phenols is 2. The van der Waals surface area contributed by atoms with Crippen LogP contribution in [-0.4, -0.2) is 22.3 Å². The summed E-state index contributed by atoms with van der Waals surface area (Å²) >= 11 is 1.52. The van der Waals surface area contributed by atoms with Gasteiger partial charge in [-0.3, -0.25) is 0 Å². The molecule has 0 unspecified atom stereocenters. The Kier molecular flexibility index (Phi) is 3.50. The average molecular weight is 299 g/mol. The van der Waals surface area contributed by atoms with Crippen LogP contribution >= 0.6 is 11.3 Å². The highest BCUT2D eigenvalue weighted by molar-refractivity contribution is 7.13. The second-order valence-electron chi connectivity index (χ2n) is 4.47. The van der Waals surface area contributed by atoms with Crippen LogP contribution < -0.4 is 4.74 Å². The van der Waals surface area contributed by atoms with E-state index in [1.807, 2.05) is 29.6 Å². The first-order valence-corrected chi connectivity index (χ1v) is 7.17. The largest absolute Gasteiger partial charge is 0.504 e. The number of phenolic OH excluding ortho intramolecular Hbond substituents is 2. The van der Waals surface area contributed by atoms with Gasteiger partial charge in [0, 0.05) is 16.5 Å². The van der Waals surface area contributed by atoms with Crippen LogP contribution in [-0.2, 0) is 0 Å². The first-order chi connectivity index (χ1) is 10.2. The molecule has 0 saturated carbocycles. The number of ether oxygens (including phenoxy) is 1. The van der Waals surface area contributed by atoms with Crippen molar-refractivity contribution >= 4 is 11.3 Å². The number of nitrogens with zero attached hydrogens (tertiary/aromatic N) is 1. The van der Waals surface area contributed by atoms with Gasteiger partial charge in [0.1, 0.15) is 10.8 Å². The molecule has 0 saturated heterocycles. The van der Waals surface area contributed by atoms with E-state index in [1.165, 1.54) is 23.5 Å². The van der Waals surface area contributed by atoms with E-state index in [9.17, 15) is 10.2 Å². The zero-order valence-corrected chi connectivity index (χ0v) is 12.1. The van der Waals surface area contributed by atoms with Gasteiger partial charge in [-0.1, -0.05) is 12.1 Å². The summed E-state index contributed by atoms with van der Waals surface area (Å²) in [4.78, 5) is 4.57. The molecular weight excluding hydrogens is 286 g/mol. The molecule has 0 amide bonds. The Morgan fingerprint density at radius 1 is 1.00 bits per heavy atom. The number of thiazole rings is 1. The minimum absolute atomic E-state index is 0.137. The van der Waals surface area contributed by atoms with Gasteiger partial charge in [-0.05, 0) is 30.3 Å². The zero-order chi connectivity index (χ0) is 14.8. The van der Waals surface area contributed by atoms with Gasteiger partial charge in [-0.15, -0.1) is 11.3 Å². The summed E-state index contributed by atoms with van der Waals surface area (Å²) in [7, 11) is 1.63. The monoisotopic (exact) mass is 299 g/mol. The lowest BCUT2D eigenvalue weighted by atomic mass is 10.1. The van der Waals surface area contributed by atoms with Crippen molar-refractivity contribution in [2.24, 2.45) is 0 Å². The number of methoxy groups -OCH3 is 1. The Balaban J connectivity index is 1.97. The van der Waals surface area contributed by atoms with Gasteiger partial charge in [0.2, 0.25) is 0 Å². The van der Waals surface area contributed by atoms with E-state index in [4.69, 9.17) is 4.74 Å². The molecule has 2 N–H and O–H groups in total. The summed E-state index contributed by atoms with van der Waals surface area (Å²) < 4.78 is 5.21. The molecule has 3 rings (SSSR count). The van der Waals surface area contributed by atoms with Gasteiger partial charge in [-0.25, -0.2) is 4.98 Å². The lowest BCUT2D eigenvalue weighted by Crippen LogP contribution is -1.84. The van der Waals surface area contributed by atoms with E-state index < -0.39 is 0 Å². The number of aromatic hydroxyl groups is 2. The molecule has 2 aromatic carbocycles. The maximum atomic E-state index is 9.56. The van der Waals surface area contributed by atoms with Crippen molar-refractivity contribution in [2.45, 2.75) is 0 Å². The Labute approximate surface area is 125 Å². The minimum Gasteiger partial charge on any atom is -0.504 e. The standard InChI is InChI=1S/C16H13NO3S/c1-20-12-4-2-3-11(7-12)16-17-13(9-21-16)10-5-6-14(18)15(19)8-10/h2-9,18-19H,1H3. The maximum absolute atomic E-state index is 9.56. The van der Waals surface area contributed by atoms with Crippen molar-refractivity contribution < 1.29 is 14.9 Å². The fourth-order valence-electron chi connectivity index (χ4n) is 1.98. The lowest BCUT2D eigenvalue weighted by Gasteiger charge is -2.02. The van der Waals surface area contributed by atoms with Crippen LogP contribution in [0.2, 0.25) is 0 Å². The predicted octanol–water partition coefficient (Wildman–Crippen LogP) is 3.90. The molecule has 0 aliphatic heterocycles. The van der Waals surface area contributed by atoms with E-state index >= 15 is 0 Å².